The van der Waals surface area contributed by atoms with E-state index in [1.165, 1.54) is 50.1 Å². The number of ether oxygens (including phenoxy) is 1. The molecule has 0 fully saturated rings. The Hall–Kier alpha value is -7.59. The molecule has 0 aliphatic heterocycles. The van der Waals surface area contributed by atoms with Gasteiger partial charge in [-0.3, -0.25) is 4.57 Å². The Morgan fingerprint density at radius 2 is 1.04 bits per heavy atom. The molecule has 0 radical (unpaired) electrons. The maximum atomic E-state index is 7.13. The van der Waals surface area contributed by atoms with E-state index >= 15 is 0 Å². The zero-order valence-electron chi connectivity index (χ0n) is 49.2. The molecule has 0 unspecified atom stereocenters. The second-order valence-corrected chi connectivity index (χ2v) is 25.0. The van der Waals surface area contributed by atoms with Crippen molar-refractivity contribution < 1.29 is 30.4 Å². The van der Waals surface area contributed by atoms with Crippen LogP contribution in [0.1, 0.15) is 152 Å². The van der Waals surface area contributed by atoms with Gasteiger partial charge in [-0.15, -0.1) is 35.2 Å². The Bertz CT molecular complexity index is 3950. The summed E-state index contributed by atoms with van der Waals surface area (Å²) in [6.45, 7) is 29.9. The van der Waals surface area contributed by atoms with Crippen LogP contribution in [0.4, 0.5) is 0 Å². The largest absolute Gasteiger partial charge is 0.510 e. The normalized spacial score (nSPS) is 12.4. The average molecular weight is 1240 g/mol. The summed E-state index contributed by atoms with van der Waals surface area (Å²) < 4.78 is 13.8. The molecular formula is C75H74N4OPt-2. The number of nitrogens with zero attached hydrogens (tertiary/aromatic N) is 4. The van der Waals surface area contributed by atoms with Gasteiger partial charge in [-0.2, -0.15) is 12.1 Å². The Kier molecular flexibility index (Phi) is 15.4. The SMILES string of the molecule is CC(C)c1cccc(C(C)C)c1-c1cc(Oc2[c-]c3c(cc2)c2ccccc2n3-c2cc(C(C)(C)c3ccccc3)ccn2)[c-]c(-n2[c-][n+](-c3cc(C(C)(C)c4ccccc4)cc(C(C)(C)c4ccccc4)c3)c(C(C)(C)C)c2)c1.[Pt]. The molecule has 0 aliphatic rings. The molecule has 11 rings (SSSR count). The van der Waals surface area contributed by atoms with Crippen LogP contribution in [0.15, 0.2) is 200 Å². The molecule has 412 valence electrons. The molecule has 0 N–H and O–H groups in total. The zero-order valence-corrected chi connectivity index (χ0v) is 51.5. The van der Waals surface area contributed by atoms with Crippen LogP contribution in [0, 0.1) is 18.5 Å². The molecular weight excluding hydrogens is 1170 g/mol. The van der Waals surface area contributed by atoms with E-state index in [-0.39, 0.29) is 54.6 Å². The minimum Gasteiger partial charge on any atom is -0.510 e. The number of aromatic nitrogens is 4. The maximum Gasteiger partial charge on any atom is 0.267 e. The molecule has 0 atom stereocenters. The van der Waals surface area contributed by atoms with Gasteiger partial charge in [0.2, 0.25) is 0 Å². The third-order valence-electron chi connectivity index (χ3n) is 16.8. The first-order valence-electron chi connectivity index (χ1n) is 28.4. The van der Waals surface area contributed by atoms with Crippen LogP contribution in [-0.4, -0.2) is 14.1 Å². The third kappa shape index (κ3) is 10.8. The maximum absolute atomic E-state index is 7.13. The molecule has 0 amide bonds. The summed E-state index contributed by atoms with van der Waals surface area (Å²) in [6, 6.07) is 75.4. The molecule has 0 spiro atoms. The van der Waals surface area contributed by atoms with E-state index in [4.69, 9.17) is 9.72 Å². The van der Waals surface area contributed by atoms with Crippen LogP contribution in [-0.2, 0) is 42.7 Å². The number of imidazole rings is 1. The first-order valence-corrected chi connectivity index (χ1v) is 28.4. The summed E-state index contributed by atoms with van der Waals surface area (Å²) in [5.41, 5.74) is 16.0. The van der Waals surface area contributed by atoms with Crippen LogP contribution in [0.2, 0.25) is 0 Å². The molecule has 0 bridgehead atoms. The summed E-state index contributed by atoms with van der Waals surface area (Å²) in [5.74, 6) is 2.54. The van der Waals surface area contributed by atoms with E-state index < -0.39 is 0 Å². The number of benzene rings is 8. The van der Waals surface area contributed by atoms with Crippen LogP contribution < -0.4 is 9.30 Å². The predicted molar refractivity (Wildman–Crippen MR) is 330 cm³/mol. The topological polar surface area (TPSA) is 35.9 Å². The second-order valence-electron chi connectivity index (χ2n) is 25.0. The number of para-hydroxylation sites is 1. The second kappa shape index (κ2) is 22.0. The van der Waals surface area contributed by atoms with Crippen molar-refractivity contribution in [3.63, 3.8) is 0 Å². The third-order valence-corrected chi connectivity index (χ3v) is 16.8. The fraction of sp³-hybridized carbons (Fsp3) is 0.253. The van der Waals surface area contributed by atoms with Crippen molar-refractivity contribution in [1.82, 2.24) is 14.1 Å². The molecule has 8 aromatic carbocycles. The van der Waals surface area contributed by atoms with E-state index in [9.17, 15) is 0 Å². The van der Waals surface area contributed by atoms with Gasteiger partial charge in [0, 0.05) is 66.7 Å². The summed E-state index contributed by atoms with van der Waals surface area (Å²) in [6.07, 6.45) is 8.09. The van der Waals surface area contributed by atoms with E-state index in [0.717, 1.165) is 50.3 Å². The van der Waals surface area contributed by atoms with Crippen molar-refractivity contribution in [1.29, 1.82) is 0 Å². The van der Waals surface area contributed by atoms with Crippen LogP contribution in [0.5, 0.6) is 11.5 Å². The van der Waals surface area contributed by atoms with Crippen LogP contribution in [0.25, 0.3) is 50.1 Å². The molecule has 6 heteroatoms. The minimum absolute atomic E-state index is 0. The smallest absolute Gasteiger partial charge is 0.267 e. The monoisotopic (exact) mass is 1240 g/mol. The summed E-state index contributed by atoms with van der Waals surface area (Å²) >= 11 is 0. The summed E-state index contributed by atoms with van der Waals surface area (Å²) in [7, 11) is 0. The van der Waals surface area contributed by atoms with Crippen molar-refractivity contribution in [3.05, 3.63) is 269 Å². The first-order chi connectivity index (χ1) is 38.2. The van der Waals surface area contributed by atoms with Gasteiger partial charge in [-0.25, -0.2) is 4.98 Å². The van der Waals surface area contributed by atoms with Gasteiger partial charge in [0.15, 0.2) is 0 Å². The summed E-state index contributed by atoms with van der Waals surface area (Å²) in [5, 5.41) is 2.19. The van der Waals surface area contributed by atoms with Gasteiger partial charge in [-0.1, -0.05) is 229 Å². The van der Waals surface area contributed by atoms with Gasteiger partial charge in [0.25, 0.3) is 6.33 Å². The fourth-order valence-electron chi connectivity index (χ4n) is 11.7. The van der Waals surface area contributed by atoms with E-state index in [1.807, 2.05) is 12.3 Å². The van der Waals surface area contributed by atoms with Crippen LogP contribution in [0.3, 0.4) is 0 Å². The Balaban J connectivity index is 0.00000736. The van der Waals surface area contributed by atoms with Gasteiger partial charge >= 0.3 is 0 Å². The first kappa shape index (κ1) is 56.7. The number of hydrogen-bond donors (Lipinski definition) is 0. The Morgan fingerprint density at radius 1 is 0.494 bits per heavy atom. The van der Waals surface area contributed by atoms with Crippen molar-refractivity contribution in [2.45, 2.75) is 124 Å². The number of pyridine rings is 1. The molecule has 3 heterocycles. The van der Waals surface area contributed by atoms with Crippen molar-refractivity contribution in [2.24, 2.45) is 0 Å². The fourth-order valence-corrected chi connectivity index (χ4v) is 11.7. The Morgan fingerprint density at radius 3 is 1.59 bits per heavy atom. The van der Waals surface area contributed by atoms with E-state index in [0.29, 0.717) is 11.5 Å². The molecule has 0 aliphatic carbocycles. The molecule has 11 aromatic rings. The van der Waals surface area contributed by atoms with Crippen molar-refractivity contribution in [3.8, 4) is 39.8 Å². The Labute approximate surface area is 495 Å². The minimum atomic E-state index is -0.301. The predicted octanol–water partition coefficient (Wildman–Crippen LogP) is 18.6. The zero-order chi connectivity index (χ0) is 56.3. The van der Waals surface area contributed by atoms with E-state index in [1.54, 1.807) is 0 Å². The number of hydrogen-bond acceptors (Lipinski definition) is 2. The molecule has 3 aromatic heterocycles. The summed E-state index contributed by atoms with van der Waals surface area (Å²) in [4.78, 5) is 5.03. The van der Waals surface area contributed by atoms with Crippen LogP contribution >= 0.6 is 0 Å². The molecule has 81 heavy (non-hydrogen) atoms. The number of fused-ring (bicyclic) bond motifs is 3. The van der Waals surface area contributed by atoms with Crippen molar-refractivity contribution >= 4 is 21.8 Å². The quantitative estimate of drug-likeness (QED) is 0.0803. The standard InChI is InChI=1S/C75H74N4O.Pt/c1-50(2)63-33-25-34-64(51(3)4)71(63)52-40-59(77-48-69(72(5,6)7)78(49-77)60-43-57(74(10,11)54-28-19-15-20-29-54)42-58(44-60)75(12,13)55-30-21-16-22-31-55)46-62(41-52)80-61-36-37-66-65-32-23-24-35-67(65)79(68(66)47-61)70-45-56(38-39-76-70)73(8,9)53-26-17-14-18-27-53;/h14-45,48,50-51H,1-13H3;/q-2;. The van der Waals surface area contributed by atoms with Crippen molar-refractivity contribution in [2.75, 3.05) is 0 Å². The van der Waals surface area contributed by atoms with Gasteiger partial charge in [0.05, 0.1) is 11.4 Å². The number of rotatable bonds is 14. The molecule has 0 saturated heterocycles. The van der Waals surface area contributed by atoms with Gasteiger partial charge in [-0.05, 0) is 109 Å². The average Bonchev–Trinajstić information content (AvgIpc) is 4.09. The van der Waals surface area contributed by atoms with Gasteiger partial charge < -0.3 is 13.9 Å². The van der Waals surface area contributed by atoms with Gasteiger partial charge in [0.1, 0.15) is 5.82 Å². The molecule has 0 saturated carbocycles. The molecule has 5 nitrogen and oxygen atoms in total. The van der Waals surface area contributed by atoms with E-state index in [2.05, 4.69) is 310 Å².